The first-order valence-corrected chi connectivity index (χ1v) is 19.0. The molecule has 0 N–H and O–H groups in total. The standard InChI is InChI=1S/C37H28OSi2/c1-3-17-30(18-4-1)39(34-23-11-7-15-28(34)27-29-16-8-12-24-35(29)39)40(31-19-5-2-6-20-31)36-25-13-9-21-32(36)38-33-22-10-14-26-37(33)40/h1-26H,27H2. The summed E-state index contributed by atoms with van der Waals surface area (Å²) in [5.74, 6) is 2.00. The molecule has 1 nitrogen and oxygen atoms in total. The number of hydrogen-bond acceptors (Lipinski definition) is 1. The number of fused-ring (bicyclic) bond motifs is 4. The molecule has 6 aromatic carbocycles. The molecule has 2 aliphatic heterocycles. The van der Waals surface area contributed by atoms with E-state index in [0.717, 1.165) is 17.9 Å². The van der Waals surface area contributed by atoms with E-state index in [2.05, 4.69) is 158 Å². The molecule has 6 aromatic rings. The lowest BCUT2D eigenvalue weighted by Gasteiger charge is -2.54. The molecule has 3 heteroatoms. The molecular weight excluding hydrogens is 517 g/mol. The van der Waals surface area contributed by atoms with Gasteiger partial charge in [-0.25, -0.2) is 0 Å². The van der Waals surface area contributed by atoms with Crippen LogP contribution in [0.1, 0.15) is 11.1 Å². The lowest BCUT2D eigenvalue weighted by molar-refractivity contribution is 0.487. The topological polar surface area (TPSA) is 9.23 Å². The maximum absolute atomic E-state index is 6.76. The minimum absolute atomic E-state index is 0.965. The Morgan fingerprint density at radius 1 is 0.350 bits per heavy atom. The van der Waals surface area contributed by atoms with E-state index in [1.54, 1.807) is 10.4 Å². The third-order valence-corrected chi connectivity index (χ3v) is 25.9. The Morgan fingerprint density at radius 2 is 0.700 bits per heavy atom. The molecular formula is C37H28OSi2. The molecule has 0 aliphatic carbocycles. The van der Waals surface area contributed by atoms with Crippen molar-refractivity contribution in [1.29, 1.82) is 0 Å². The largest absolute Gasteiger partial charge is 0.458 e. The average molecular weight is 545 g/mol. The van der Waals surface area contributed by atoms with Gasteiger partial charge in [0.15, 0.2) is 15.2 Å². The Hall–Kier alpha value is -4.45. The first-order chi connectivity index (χ1) is 19.8. The van der Waals surface area contributed by atoms with Crippen LogP contribution in [0.15, 0.2) is 158 Å². The second kappa shape index (κ2) is 9.05. The summed E-state index contributed by atoms with van der Waals surface area (Å²) in [6.45, 7) is 0. The van der Waals surface area contributed by atoms with Crippen LogP contribution in [0.2, 0.25) is 0 Å². The summed E-state index contributed by atoms with van der Waals surface area (Å²) in [6.07, 6.45) is 0.965. The van der Waals surface area contributed by atoms with E-state index in [1.165, 1.54) is 31.9 Å². The molecule has 8 rings (SSSR count). The van der Waals surface area contributed by atoms with Crippen LogP contribution in [0.5, 0.6) is 11.5 Å². The summed E-state index contributed by atoms with van der Waals surface area (Å²) in [6, 6.07) is 59.4. The fourth-order valence-corrected chi connectivity index (χ4v) is 28.2. The highest BCUT2D eigenvalue weighted by Gasteiger charge is 2.66. The Bertz CT molecular complexity index is 1630. The van der Waals surface area contributed by atoms with Gasteiger partial charge in [-0.05, 0) is 50.4 Å². The molecule has 0 amide bonds. The minimum Gasteiger partial charge on any atom is -0.458 e. The van der Waals surface area contributed by atoms with Crippen molar-refractivity contribution in [2.45, 2.75) is 6.42 Å². The number of para-hydroxylation sites is 2. The Kier molecular flexibility index (Phi) is 5.31. The van der Waals surface area contributed by atoms with Crippen molar-refractivity contribution in [1.82, 2.24) is 0 Å². The van der Waals surface area contributed by atoms with Crippen LogP contribution in [0, 0.1) is 0 Å². The van der Waals surface area contributed by atoms with Crippen LogP contribution in [0.3, 0.4) is 0 Å². The molecule has 190 valence electrons. The van der Waals surface area contributed by atoms with Crippen molar-refractivity contribution in [3.8, 4) is 11.5 Å². The third-order valence-electron chi connectivity index (χ3n) is 9.00. The van der Waals surface area contributed by atoms with Gasteiger partial charge in [0.25, 0.3) is 0 Å². The zero-order chi connectivity index (χ0) is 26.6. The van der Waals surface area contributed by atoms with Gasteiger partial charge in [-0.3, -0.25) is 0 Å². The van der Waals surface area contributed by atoms with Crippen molar-refractivity contribution >= 4 is 46.3 Å². The van der Waals surface area contributed by atoms with Gasteiger partial charge < -0.3 is 4.74 Å². The number of benzene rings is 6. The first-order valence-electron chi connectivity index (χ1n) is 14.0. The molecule has 40 heavy (non-hydrogen) atoms. The highest BCUT2D eigenvalue weighted by atomic mass is 29.3. The molecule has 0 saturated heterocycles. The highest BCUT2D eigenvalue weighted by molar-refractivity contribution is 7.67. The van der Waals surface area contributed by atoms with E-state index in [1.807, 2.05) is 0 Å². The summed E-state index contributed by atoms with van der Waals surface area (Å²) >= 11 is 0. The molecule has 0 atom stereocenters. The van der Waals surface area contributed by atoms with Crippen LogP contribution in [-0.4, -0.2) is 15.2 Å². The summed E-state index contributed by atoms with van der Waals surface area (Å²) in [5.41, 5.74) is 2.92. The average Bonchev–Trinajstić information content (AvgIpc) is 3.03. The van der Waals surface area contributed by atoms with Crippen molar-refractivity contribution in [3.63, 3.8) is 0 Å². The van der Waals surface area contributed by atoms with Gasteiger partial charge in [0.05, 0.1) is 0 Å². The predicted molar refractivity (Wildman–Crippen MR) is 171 cm³/mol. The van der Waals surface area contributed by atoms with Gasteiger partial charge in [-0.1, -0.05) is 156 Å². The van der Waals surface area contributed by atoms with Crippen molar-refractivity contribution < 1.29 is 4.74 Å². The molecule has 0 radical (unpaired) electrons. The summed E-state index contributed by atoms with van der Waals surface area (Å²) in [4.78, 5) is 0. The van der Waals surface area contributed by atoms with Gasteiger partial charge in [0.1, 0.15) is 11.5 Å². The van der Waals surface area contributed by atoms with Crippen LogP contribution in [-0.2, 0) is 6.42 Å². The van der Waals surface area contributed by atoms with Crippen LogP contribution in [0.4, 0.5) is 0 Å². The monoisotopic (exact) mass is 544 g/mol. The SMILES string of the molecule is c1ccc([Si]2([Si]3(c4ccccc4)c4ccccc4Oc4ccccc43)c3ccccc3Cc3ccccc32)cc1. The zero-order valence-electron chi connectivity index (χ0n) is 22.1. The highest BCUT2D eigenvalue weighted by Crippen LogP contribution is 2.36. The molecule has 2 aliphatic rings. The lowest BCUT2D eigenvalue weighted by Crippen LogP contribution is -2.95. The Labute approximate surface area is 237 Å². The lowest BCUT2D eigenvalue weighted by atomic mass is 10.0. The normalized spacial score (nSPS) is 15.5. The molecule has 0 saturated carbocycles. The molecule has 0 fully saturated rings. The quantitative estimate of drug-likeness (QED) is 0.300. The zero-order valence-corrected chi connectivity index (χ0v) is 24.1. The molecule has 0 spiro atoms. The van der Waals surface area contributed by atoms with E-state index in [4.69, 9.17) is 4.74 Å². The fraction of sp³-hybridized carbons (Fsp3) is 0.0270. The van der Waals surface area contributed by atoms with Crippen molar-refractivity contribution in [2.75, 3.05) is 0 Å². The maximum Gasteiger partial charge on any atom is 0.164 e. The van der Waals surface area contributed by atoms with Crippen LogP contribution >= 0.6 is 0 Å². The van der Waals surface area contributed by atoms with E-state index in [9.17, 15) is 0 Å². The Balaban J connectivity index is 1.70. The first kappa shape index (κ1) is 23.4. The summed E-state index contributed by atoms with van der Waals surface area (Å²) in [5, 5.41) is 8.75. The number of ether oxygens (including phenoxy) is 1. The number of rotatable bonds is 3. The molecule has 0 aromatic heterocycles. The van der Waals surface area contributed by atoms with E-state index in [-0.39, 0.29) is 0 Å². The second-order valence-electron chi connectivity index (χ2n) is 10.8. The summed E-state index contributed by atoms with van der Waals surface area (Å²) < 4.78 is 6.76. The molecule has 2 heterocycles. The summed E-state index contributed by atoms with van der Waals surface area (Å²) in [7, 11) is -5.71. The maximum atomic E-state index is 6.76. The van der Waals surface area contributed by atoms with Crippen LogP contribution in [0.25, 0.3) is 0 Å². The Morgan fingerprint density at radius 3 is 1.18 bits per heavy atom. The van der Waals surface area contributed by atoms with E-state index < -0.39 is 15.2 Å². The van der Waals surface area contributed by atoms with Gasteiger partial charge in [-0.2, -0.15) is 0 Å². The van der Waals surface area contributed by atoms with Crippen LogP contribution < -0.4 is 35.9 Å². The smallest absolute Gasteiger partial charge is 0.164 e. The number of hydrogen-bond donors (Lipinski definition) is 0. The van der Waals surface area contributed by atoms with E-state index >= 15 is 0 Å². The van der Waals surface area contributed by atoms with Crippen molar-refractivity contribution in [2.24, 2.45) is 0 Å². The predicted octanol–water partition coefficient (Wildman–Crippen LogP) is 4.42. The van der Waals surface area contributed by atoms with E-state index in [0.29, 0.717) is 0 Å². The minimum atomic E-state index is -2.88. The van der Waals surface area contributed by atoms with Gasteiger partial charge in [0.2, 0.25) is 0 Å². The van der Waals surface area contributed by atoms with Gasteiger partial charge in [-0.15, -0.1) is 0 Å². The second-order valence-corrected chi connectivity index (χ2v) is 21.6. The third kappa shape index (κ3) is 3.02. The molecule has 0 unspecified atom stereocenters. The fourth-order valence-electron chi connectivity index (χ4n) is 7.66. The van der Waals surface area contributed by atoms with Gasteiger partial charge >= 0.3 is 0 Å². The van der Waals surface area contributed by atoms with Crippen molar-refractivity contribution in [3.05, 3.63) is 169 Å². The van der Waals surface area contributed by atoms with Gasteiger partial charge in [0, 0.05) is 0 Å². The molecule has 0 bridgehead atoms.